The molecule has 1 fully saturated rings. The zero-order valence-corrected chi connectivity index (χ0v) is 18.0. The van der Waals surface area contributed by atoms with Crippen LogP contribution in [0.3, 0.4) is 0 Å². The number of benzene rings is 2. The maximum absolute atomic E-state index is 14.1. The first-order chi connectivity index (χ1) is 13.3. The summed E-state index contributed by atoms with van der Waals surface area (Å²) in [5, 5.41) is 8.80. The molecule has 0 amide bonds. The summed E-state index contributed by atoms with van der Waals surface area (Å²) in [4.78, 5) is 15.2. The molecule has 5 nitrogen and oxygen atoms in total. The highest BCUT2D eigenvalue weighted by Gasteiger charge is 2.20. The highest BCUT2D eigenvalue weighted by atomic mass is 79.9. The van der Waals surface area contributed by atoms with Crippen LogP contribution in [0.2, 0.25) is 0 Å². The lowest BCUT2D eigenvalue weighted by atomic mass is 10.1. The second-order valence-electron chi connectivity index (χ2n) is 6.39. The van der Waals surface area contributed by atoms with Crippen LogP contribution in [0.1, 0.15) is 11.1 Å². The average Bonchev–Trinajstić information content (AvgIpc) is 2.64. The minimum Gasteiger partial charge on any atom is -0.481 e. The Labute approximate surface area is 178 Å². The van der Waals surface area contributed by atoms with Crippen molar-refractivity contribution in [2.24, 2.45) is 5.73 Å². The van der Waals surface area contributed by atoms with E-state index in [-0.39, 0.29) is 12.0 Å². The van der Waals surface area contributed by atoms with Crippen LogP contribution in [0, 0.1) is 12.7 Å². The van der Waals surface area contributed by atoms with Crippen molar-refractivity contribution in [3.05, 3.63) is 57.8 Å². The Bertz CT molecular complexity index is 842. The maximum Gasteiger partial charge on any atom is 0.307 e. The fourth-order valence-corrected chi connectivity index (χ4v) is 3.69. The van der Waals surface area contributed by atoms with Gasteiger partial charge in [0.2, 0.25) is 0 Å². The van der Waals surface area contributed by atoms with Gasteiger partial charge >= 0.3 is 5.97 Å². The molecular weight excluding hydrogens is 445 g/mol. The number of piperazine rings is 1. The molecule has 2 aromatic carbocycles. The van der Waals surface area contributed by atoms with Crippen molar-refractivity contribution in [2.45, 2.75) is 13.3 Å². The number of carbonyl (C=O) groups is 1. The van der Waals surface area contributed by atoms with Crippen LogP contribution in [0.5, 0.6) is 0 Å². The summed E-state index contributed by atoms with van der Waals surface area (Å²) in [7, 11) is 0. The molecule has 0 atom stereocenters. The molecular formula is C20H23BrFN3O2S. The van der Waals surface area contributed by atoms with Gasteiger partial charge in [0.25, 0.3) is 0 Å². The molecule has 1 aliphatic heterocycles. The Morgan fingerprint density at radius 3 is 2.36 bits per heavy atom. The van der Waals surface area contributed by atoms with Crippen LogP contribution < -0.4 is 15.5 Å². The van der Waals surface area contributed by atoms with E-state index in [9.17, 15) is 9.18 Å². The Morgan fingerprint density at radius 2 is 1.82 bits per heavy atom. The molecule has 150 valence electrons. The summed E-state index contributed by atoms with van der Waals surface area (Å²) in [6.07, 6.45) is -0.289. The van der Waals surface area contributed by atoms with Gasteiger partial charge in [-0.15, -0.1) is 0 Å². The first kappa shape index (κ1) is 22.1. The normalized spacial score (nSPS) is 13.5. The third-order valence-electron chi connectivity index (χ3n) is 4.52. The Morgan fingerprint density at radius 1 is 1.21 bits per heavy atom. The standard InChI is InChI=1S/C19H20BrFN2O2.CH3NS/c1-13-10-15(20)3-5-18(13)23-8-6-22(7-9-23)16-4-2-14(11-19(24)25)17(21)12-16;2-1-3/h2-5,10,12H,6-9,11H2,1H3,(H,24,25);1H,(H2,2,3). The predicted molar refractivity (Wildman–Crippen MR) is 119 cm³/mol. The number of carboxylic acid groups (broad SMARTS) is 1. The van der Waals surface area contributed by atoms with Crippen molar-refractivity contribution in [3.63, 3.8) is 0 Å². The number of hydrogen-bond donors (Lipinski definition) is 2. The molecule has 0 unspecified atom stereocenters. The number of nitrogens with two attached hydrogens (primary N) is 1. The van der Waals surface area contributed by atoms with Crippen LogP contribution in [0.15, 0.2) is 40.9 Å². The van der Waals surface area contributed by atoms with Crippen molar-refractivity contribution >= 4 is 51.0 Å². The SMILES string of the molecule is Cc1cc(Br)ccc1N1CCN(c2ccc(CC(=O)O)c(F)c2)CC1.NC=S. The molecule has 3 rings (SSSR count). The number of hydrogen-bond acceptors (Lipinski definition) is 4. The van der Waals surface area contributed by atoms with Gasteiger partial charge in [0, 0.05) is 42.0 Å². The molecule has 0 aromatic heterocycles. The molecule has 0 saturated carbocycles. The summed E-state index contributed by atoms with van der Waals surface area (Å²) >= 11 is 7.54. The number of halogens is 2. The molecule has 1 saturated heterocycles. The van der Waals surface area contributed by atoms with Gasteiger partial charge in [0.1, 0.15) is 5.82 Å². The van der Waals surface area contributed by atoms with E-state index in [1.807, 2.05) is 12.1 Å². The number of aliphatic carboxylic acids is 1. The fraction of sp³-hybridized carbons (Fsp3) is 0.300. The summed E-state index contributed by atoms with van der Waals surface area (Å²) in [6.45, 7) is 5.42. The van der Waals surface area contributed by atoms with Gasteiger partial charge in [-0.05, 0) is 48.4 Å². The van der Waals surface area contributed by atoms with Gasteiger partial charge in [-0.1, -0.05) is 34.2 Å². The van der Waals surface area contributed by atoms with E-state index in [4.69, 9.17) is 5.11 Å². The number of aryl methyl sites for hydroxylation is 1. The summed E-state index contributed by atoms with van der Waals surface area (Å²) in [6, 6.07) is 11.1. The third-order valence-corrected chi connectivity index (χ3v) is 5.02. The van der Waals surface area contributed by atoms with E-state index >= 15 is 0 Å². The molecule has 1 heterocycles. The summed E-state index contributed by atoms with van der Waals surface area (Å²) < 4.78 is 15.2. The van der Waals surface area contributed by atoms with E-state index < -0.39 is 11.8 Å². The molecule has 3 N–H and O–H groups in total. The average molecular weight is 468 g/mol. The molecule has 0 radical (unpaired) electrons. The second kappa shape index (κ2) is 10.4. The van der Waals surface area contributed by atoms with Crippen molar-refractivity contribution in [2.75, 3.05) is 36.0 Å². The van der Waals surface area contributed by atoms with E-state index in [2.05, 4.69) is 62.7 Å². The number of rotatable bonds is 4. The molecule has 28 heavy (non-hydrogen) atoms. The fourth-order valence-electron chi connectivity index (χ4n) is 3.22. The summed E-state index contributed by atoms with van der Waals surface area (Å²) in [5.41, 5.74) is 9.10. The van der Waals surface area contributed by atoms with Gasteiger partial charge in [0.05, 0.1) is 11.9 Å². The van der Waals surface area contributed by atoms with Crippen LogP contribution in [-0.4, -0.2) is 42.7 Å². The number of thiocarbonyl (C=S) groups is 1. The van der Waals surface area contributed by atoms with E-state index in [0.717, 1.165) is 41.8 Å². The smallest absolute Gasteiger partial charge is 0.307 e. The van der Waals surface area contributed by atoms with Crippen LogP contribution in [-0.2, 0) is 11.2 Å². The minimum atomic E-state index is -1.02. The highest BCUT2D eigenvalue weighted by molar-refractivity contribution is 9.10. The van der Waals surface area contributed by atoms with Crippen molar-refractivity contribution in [1.29, 1.82) is 0 Å². The molecule has 0 bridgehead atoms. The zero-order chi connectivity index (χ0) is 20.7. The quantitative estimate of drug-likeness (QED) is 0.667. The zero-order valence-electron chi connectivity index (χ0n) is 15.6. The van der Waals surface area contributed by atoms with Crippen LogP contribution in [0.25, 0.3) is 0 Å². The lowest BCUT2D eigenvalue weighted by molar-refractivity contribution is -0.136. The Hall–Kier alpha value is -2.19. The van der Waals surface area contributed by atoms with Crippen molar-refractivity contribution in [1.82, 2.24) is 0 Å². The molecule has 1 aliphatic rings. The Balaban J connectivity index is 0.000000878. The van der Waals surface area contributed by atoms with Gasteiger partial charge in [0.15, 0.2) is 0 Å². The van der Waals surface area contributed by atoms with E-state index in [1.165, 1.54) is 17.3 Å². The van der Waals surface area contributed by atoms with Crippen LogP contribution >= 0.6 is 28.1 Å². The lowest BCUT2D eigenvalue weighted by Gasteiger charge is -2.38. The molecule has 0 spiro atoms. The minimum absolute atomic E-state index is 0.223. The van der Waals surface area contributed by atoms with Gasteiger partial charge in [-0.25, -0.2) is 4.39 Å². The maximum atomic E-state index is 14.1. The molecule has 2 aromatic rings. The van der Waals surface area contributed by atoms with Gasteiger partial charge < -0.3 is 20.6 Å². The highest BCUT2D eigenvalue weighted by Crippen LogP contribution is 2.26. The van der Waals surface area contributed by atoms with Gasteiger partial charge in [-0.3, -0.25) is 4.79 Å². The molecule has 0 aliphatic carbocycles. The van der Waals surface area contributed by atoms with E-state index in [1.54, 1.807) is 6.07 Å². The number of nitrogens with zero attached hydrogens (tertiary/aromatic N) is 2. The van der Waals surface area contributed by atoms with Gasteiger partial charge in [-0.2, -0.15) is 0 Å². The van der Waals surface area contributed by atoms with Crippen molar-refractivity contribution < 1.29 is 14.3 Å². The number of anilines is 2. The summed E-state index contributed by atoms with van der Waals surface area (Å²) in [5.74, 6) is -1.48. The second-order valence-corrected chi connectivity index (χ2v) is 7.58. The molecule has 8 heteroatoms. The number of carboxylic acids is 1. The predicted octanol–water partition coefficient (Wildman–Crippen LogP) is 3.75. The Kier molecular flexibility index (Phi) is 8.19. The third kappa shape index (κ3) is 5.90. The van der Waals surface area contributed by atoms with Crippen molar-refractivity contribution in [3.8, 4) is 0 Å². The van der Waals surface area contributed by atoms with Crippen LogP contribution in [0.4, 0.5) is 15.8 Å². The lowest BCUT2D eigenvalue weighted by Crippen LogP contribution is -2.46. The topological polar surface area (TPSA) is 69.8 Å². The van der Waals surface area contributed by atoms with E-state index in [0.29, 0.717) is 0 Å². The monoisotopic (exact) mass is 467 g/mol. The largest absolute Gasteiger partial charge is 0.481 e. The first-order valence-electron chi connectivity index (χ1n) is 8.77. The first-order valence-corrected chi connectivity index (χ1v) is 10.0.